The molecule has 0 bridgehead atoms. The predicted octanol–water partition coefficient (Wildman–Crippen LogP) is 4.16. The van der Waals surface area contributed by atoms with Gasteiger partial charge >= 0.3 is 5.97 Å². The number of hydrogen-bond acceptors (Lipinski definition) is 4. The van der Waals surface area contributed by atoms with Crippen molar-refractivity contribution in [1.29, 1.82) is 0 Å². The molecule has 1 atom stereocenters. The van der Waals surface area contributed by atoms with Crippen molar-refractivity contribution in [2.75, 3.05) is 14.2 Å². The minimum atomic E-state index is -0.735. The molecule has 0 saturated carbocycles. The minimum absolute atomic E-state index is 0.279. The van der Waals surface area contributed by atoms with Gasteiger partial charge in [-0.05, 0) is 34.9 Å². The van der Waals surface area contributed by atoms with Crippen molar-refractivity contribution >= 4 is 16.9 Å². The number of carbonyl (C=O) groups is 1. The molecule has 0 spiro atoms. The van der Waals surface area contributed by atoms with Crippen molar-refractivity contribution in [3.05, 3.63) is 101 Å². The molecule has 0 aliphatic carbocycles. The number of carbonyl (C=O) groups excluding carboxylic acids is 1. The smallest absolute Gasteiger partial charge is 0.323 e. The summed E-state index contributed by atoms with van der Waals surface area (Å²) in [7, 11) is 3.10. The van der Waals surface area contributed by atoms with Crippen LogP contribution in [0.5, 0.6) is 5.75 Å². The number of esters is 1. The number of aromatic amines is 1. The molecule has 0 fully saturated rings. The summed E-state index contributed by atoms with van der Waals surface area (Å²) < 4.78 is 10.6. The van der Waals surface area contributed by atoms with Crippen LogP contribution in [0.4, 0.5) is 0 Å². The van der Waals surface area contributed by atoms with Gasteiger partial charge in [0.15, 0.2) is 0 Å². The Kier molecular flexibility index (Phi) is 4.75. The van der Waals surface area contributed by atoms with Crippen LogP contribution in [0.1, 0.15) is 22.4 Å². The summed E-state index contributed by atoms with van der Waals surface area (Å²) in [6, 6.07) is 26.0. The zero-order valence-electron chi connectivity index (χ0n) is 17.5. The van der Waals surface area contributed by atoms with E-state index in [2.05, 4.69) is 34.6 Å². The molecule has 156 valence electrons. The first-order valence-corrected chi connectivity index (χ1v) is 10.3. The SMILES string of the molecule is COC(=O)C1Cc2c([nH]c3ccc(OC)cc23)C(c2ccccc2)(c2ccccc2)N1. The molecule has 5 nitrogen and oxygen atoms in total. The van der Waals surface area contributed by atoms with E-state index in [4.69, 9.17) is 9.47 Å². The quantitative estimate of drug-likeness (QED) is 0.494. The zero-order valence-corrected chi connectivity index (χ0v) is 17.5. The Morgan fingerprint density at radius 2 is 1.58 bits per heavy atom. The standard InChI is InChI=1S/C26H24N2O3/c1-30-19-13-14-22-20(15-19)21-16-23(25(29)31-2)28-26(24(21)27-22,17-9-5-3-6-10-17)18-11-7-4-8-12-18/h3-15,23,27-28H,16H2,1-2H3. The van der Waals surface area contributed by atoms with E-state index in [1.165, 1.54) is 7.11 Å². The number of rotatable bonds is 4. The van der Waals surface area contributed by atoms with Crippen LogP contribution in [0.25, 0.3) is 10.9 Å². The molecule has 5 rings (SSSR count). The Morgan fingerprint density at radius 1 is 0.935 bits per heavy atom. The van der Waals surface area contributed by atoms with Gasteiger partial charge in [-0.2, -0.15) is 0 Å². The first-order valence-electron chi connectivity index (χ1n) is 10.3. The molecular formula is C26H24N2O3. The largest absolute Gasteiger partial charge is 0.497 e. The molecule has 0 amide bonds. The molecule has 0 saturated heterocycles. The Hall–Kier alpha value is -3.57. The normalized spacial score (nSPS) is 17.2. The molecule has 1 unspecified atom stereocenters. The first-order chi connectivity index (χ1) is 15.2. The van der Waals surface area contributed by atoms with E-state index < -0.39 is 11.6 Å². The minimum Gasteiger partial charge on any atom is -0.497 e. The highest BCUT2D eigenvalue weighted by Gasteiger charge is 2.47. The molecular weight excluding hydrogens is 388 g/mol. The second-order valence-corrected chi connectivity index (χ2v) is 7.80. The van der Waals surface area contributed by atoms with Gasteiger partial charge in [0.2, 0.25) is 0 Å². The number of aromatic nitrogens is 1. The second-order valence-electron chi connectivity index (χ2n) is 7.80. The van der Waals surface area contributed by atoms with E-state index in [0.29, 0.717) is 6.42 Å². The summed E-state index contributed by atoms with van der Waals surface area (Å²) in [6.07, 6.45) is 0.524. The summed E-state index contributed by atoms with van der Waals surface area (Å²) in [5.41, 5.74) is 4.50. The topological polar surface area (TPSA) is 63.4 Å². The fourth-order valence-electron chi connectivity index (χ4n) is 4.76. The number of H-pyrrole nitrogens is 1. The Labute approximate surface area is 181 Å². The summed E-state index contributed by atoms with van der Waals surface area (Å²) in [4.78, 5) is 16.5. The lowest BCUT2D eigenvalue weighted by Gasteiger charge is -2.42. The first kappa shape index (κ1) is 19.4. The average Bonchev–Trinajstić information content (AvgIpc) is 3.22. The number of hydrogen-bond donors (Lipinski definition) is 2. The van der Waals surface area contributed by atoms with Crippen LogP contribution in [0.2, 0.25) is 0 Å². The van der Waals surface area contributed by atoms with Crippen LogP contribution >= 0.6 is 0 Å². The van der Waals surface area contributed by atoms with Crippen molar-refractivity contribution < 1.29 is 14.3 Å². The Balaban J connectivity index is 1.87. The van der Waals surface area contributed by atoms with Crippen LogP contribution in [0, 0.1) is 0 Å². The van der Waals surface area contributed by atoms with Gasteiger partial charge in [0.1, 0.15) is 17.3 Å². The highest BCUT2D eigenvalue weighted by molar-refractivity contribution is 5.89. The van der Waals surface area contributed by atoms with Crippen LogP contribution in [-0.4, -0.2) is 31.2 Å². The number of benzene rings is 3. The van der Waals surface area contributed by atoms with Crippen LogP contribution in [-0.2, 0) is 21.5 Å². The third-order valence-electron chi connectivity index (χ3n) is 6.19. The van der Waals surface area contributed by atoms with E-state index in [9.17, 15) is 4.79 Å². The van der Waals surface area contributed by atoms with E-state index in [1.54, 1.807) is 7.11 Å². The maximum absolute atomic E-state index is 12.8. The molecule has 1 aliphatic heterocycles. The van der Waals surface area contributed by atoms with Gasteiger partial charge in [0.25, 0.3) is 0 Å². The van der Waals surface area contributed by atoms with Gasteiger partial charge in [-0.1, -0.05) is 60.7 Å². The van der Waals surface area contributed by atoms with Gasteiger partial charge in [-0.25, -0.2) is 0 Å². The molecule has 2 heterocycles. The van der Waals surface area contributed by atoms with Crippen molar-refractivity contribution in [2.45, 2.75) is 18.0 Å². The highest BCUT2D eigenvalue weighted by atomic mass is 16.5. The molecule has 5 heteroatoms. The van der Waals surface area contributed by atoms with Crippen LogP contribution in [0.3, 0.4) is 0 Å². The zero-order chi connectivity index (χ0) is 21.4. The Bertz CT molecular complexity index is 1190. The molecule has 1 aliphatic rings. The van der Waals surface area contributed by atoms with E-state index >= 15 is 0 Å². The lowest BCUT2D eigenvalue weighted by Crippen LogP contribution is -2.57. The van der Waals surface area contributed by atoms with E-state index in [-0.39, 0.29) is 5.97 Å². The molecule has 0 radical (unpaired) electrons. The predicted molar refractivity (Wildman–Crippen MR) is 120 cm³/mol. The van der Waals surface area contributed by atoms with Crippen molar-refractivity contribution in [3.8, 4) is 5.75 Å². The third-order valence-corrected chi connectivity index (χ3v) is 6.19. The number of nitrogens with one attached hydrogen (secondary N) is 2. The number of fused-ring (bicyclic) bond motifs is 3. The van der Waals surface area contributed by atoms with Gasteiger partial charge in [-0.15, -0.1) is 0 Å². The maximum Gasteiger partial charge on any atom is 0.323 e. The van der Waals surface area contributed by atoms with E-state index in [1.807, 2.05) is 54.6 Å². The maximum atomic E-state index is 12.8. The van der Waals surface area contributed by atoms with Crippen molar-refractivity contribution in [1.82, 2.24) is 10.3 Å². The fraction of sp³-hybridized carbons (Fsp3) is 0.192. The van der Waals surface area contributed by atoms with Crippen molar-refractivity contribution in [2.24, 2.45) is 0 Å². The van der Waals surface area contributed by atoms with E-state index in [0.717, 1.165) is 39.0 Å². The average molecular weight is 412 g/mol. The summed E-state index contributed by atoms with van der Waals surface area (Å²) in [5, 5.41) is 4.72. The summed E-state index contributed by atoms with van der Waals surface area (Å²) >= 11 is 0. The Morgan fingerprint density at radius 3 is 2.16 bits per heavy atom. The summed E-state index contributed by atoms with van der Waals surface area (Å²) in [5.74, 6) is 0.506. The van der Waals surface area contributed by atoms with Gasteiger partial charge in [-0.3, -0.25) is 10.1 Å². The van der Waals surface area contributed by atoms with Crippen molar-refractivity contribution in [3.63, 3.8) is 0 Å². The summed E-state index contributed by atoms with van der Waals surface area (Å²) in [6.45, 7) is 0. The van der Waals surface area contributed by atoms with Gasteiger partial charge in [0, 0.05) is 23.0 Å². The van der Waals surface area contributed by atoms with Gasteiger partial charge < -0.3 is 14.5 Å². The molecule has 2 N–H and O–H groups in total. The molecule has 4 aromatic rings. The third kappa shape index (κ3) is 3.01. The number of ether oxygens (including phenoxy) is 2. The molecule has 1 aromatic heterocycles. The van der Waals surface area contributed by atoms with Gasteiger partial charge in [0.05, 0.1) is 14.2 Å². The molecule has 31 heavy (non-hydrogen) atoms. The monoisotopic (exact) mass is 412 g/mol. The highest BCUT2D eigenvalue weighted by Crippen LogP contribution is 2.44. The lowest BCUT2D eigenvalue weighted by atomic mass is 9.74. The number of methoxy groups -OCH3 is 2. The van der Waals surface area contributed by atoms with Crippen LogP contribution in [0.15, 0.2) is 78.9 Å². The van der Waals surface area contributed by atoms with Crippen LogP contribution < -0.4 is 10.1 Å². The lowest BCUT2D eigenvalue weighted by molar-refractivity contribution is -0.143. The fourth-order valence-corrected chi connectivity index (χ4v) is 4.76. The molecule has 3 aromatic carbocycles. The second kappa shape index (κ2) is 7.60.